The standard InChI is InChI=1S/C15H23N5/c1-2-19-7-3-5-14(19)11-18-6-4-8-20-15(12-18)9-13(10-16)17-20/h9,14H,2-8,11-12H2,1H3. The van der Waals surface area contributed by atoms with Crippen LogP contribution in [0.4, 0.5) is 0 Å². The summed E-state index contributed by atoms with van der Waals surface area (Å²) in [5.41, 5.74) is 1.75. The second kappa shape index (κ2) is 5.94. The van der Waals surface area contributed by atoms with Crippen LogP contribution in [0, 0.1) is 11.3 Å². The van der Waals surface area contributed by atoms with E-state index in [-0.39, 0.29) is 0 Å². The lowest BCUT2D eigenvalue weighted by Gasteiger charge is -2.29. The third-order valence-electron chi connectivity index (χ3n) is 4.58. The van der Waals surface area contributed by atoms with E-state index in [1.165, 1.54) is 25.1 Å². The average molecular weight is 273 g/mol. The van der Waals surface area contributed by atoms with Crippen LogP contribution < -0.4 is 0 Å². The van der Waals surface area contributed by atoms with E-state index in [2.05, 4.69) is 27.9 Å². The summed E-state index contributed by atoms with van der Waals surface area (Å²) in [4.78, 5) is 5.14. The molecule has 20 heavy (non-hydrogen) atoms. The highest BCUT2D eigenvalue weighted by Gasteiger charge is 2.26. The lowest BCUT2D eigenvalue weighted by molar-refractivity contribution is 0.173. The molecule has 0 aliphatic carbocycles. The first kappa shape index (κ1) is 13.6. The summed E-state index contributed by atoms with van der Waals surface area (Å²) in [7, 11) is 0. The number of likely N-dealkylation sites (N-methyl/N-ethyl adjacent to an activating group) is 1. The van der Waals surface area contributed by atoms with Crippen molar-refractivity contribution in [2.45, 2.75) is 45.3 Å². The van der Waals surface area contributed by atoms with Crippen LogP contribution in [0.3, 0.4) is 0 Å². The SMILES string of the molecule is CCN1CCCC1CN1CCCn2nc(C#N)cc2C1. The van der Waals surface area contributed by atoms with Crippen LogP contribution in [-0.4, -0.2) is 51.8 Å². The molecule has 1 unspecified atom stereocenters. The van der Waals surface area contributed by atoms with Crippen molar-refractivity contribution in [3.05, 3.63) is 17.5 Å². The van der Waals surface area contributed by atoms with Gasteiger partial charge in [-0.2, -0.15) is 10.4 Å². The maximum atomic E-state index is 8.97. The number of aryl methyl sites for hydroxylation is 1. The first-order valence-corrected chi connectivity index (χ1v) is 7.73. The molecule has 5 heteroatoms. The summed E-state index contributed by atoms with van der Waals surface area (Å²) >= 11 is 0. The Hall–Kier alpha value is -1.38. The predicted octanol–water partition coefficient (Wildman–Crippen LogP) is 1.44. The fourth-order valence-corrected chi connectivity index (χ4v) is 3.56. The van der Waals surface area contributed by atoms with Crippen LogP contribution in [0.2, 0.25) is 0 Å². The van der Waals surface area contributed by atoms with E-state index < -0.39 is 0 Å². The molecule has 1 saturated heterocycles. The third-order valence-corrected chi connectivity index (χ3v) is 4.58. The zero-order valence-corrected chi connectivity index (χ0v) is 12.3. The van der Waals surface area contributed by atoms with Crippen LogP contribution in [0.25, 0.3) is 0 Å². The van der Waals surface area contributed by atoms with Gasteiger partial charge < -0.3 is 0 Å². The number of rotatable bonds is 3. The van der Waals surface area contributed by atoms with Crippen molar-refractivity contribution in [1.29, 1.82) is 5.26 Å². The smallest absolute Gasteiger partial charge is 0.162 e. The molecular formula is C15H23N5. The molecule has 0 aromatic carbocycles. The van der Waals surface area contributed by atoms with E-state index in [1.54, 1.807) is 0 Å². The van der Waals surface area contributed by atoms with E-state index in [1.807, 2.05) is 10.7 Å². The molecule has 2 aliphatic rings. The van der Waals surface area contributed by atoms with E-state index in [4.69, 9.17) is 5.26 Å². The summed E-state index contributed by atoms with van der Waals surface area (Å²) in [5, 5.41) is 13.3. The molecule has 0 saturated carbocycles. The fraction of sp³-hybridized carbons (Fsp3) is 0.733. The number of nitriles is 1. The van der Waals surface area contributed by atoms with Gasteiger partial charge in [-0.1, -0.05) is 6.92 Å². The van der Waals surface area contributed by atoms with Crippen LogP contribution >= 0.6 is 0 Å². The Morgan fingerprint density at radius 3 is 3.05 bits per heavy atom. The third kappa shape index (κ3) is 2.72. The molecule has 0 radical (unpaired) electrons. The van der Waals surface area contributed by atoms with Gasteiger partial charge in [0.1, 0.15) is 6.07 Å². The quantitative estimate of drug-likeness (QED) is 0.836. The van der Waals surface area contributed by atoms with Gasteiger partial charge in [-0.15, -0.1) is 0 Å². The summed E-state index contributed by atoms with van der Waals surface area (Å²) in [6.07, 6.45) is 3.79. The number of hydrogen-bond donors (Lipinski definition) is 0. The molecule has 1 aromatic heterocycles. The van der Waals surface area contributed by atoms with Crippen LogP contribution in [0.5, 0.6) is 0 Å². The molecule has 0 bridgehead atoms. The molecule has 5 nitrogen and oxygen atoms in total. The van der Waals surface area contributed by atoms with Crippen molar-refractivity contribution >= 4 is 0 Å². The Balaban J connectivity index is 1.67. The van der Waals surface area contributed by atoms with Crippen molar-refractivity contribution in [3.63, 3.8) is 0 Å². The number of nitrogens with zero attached hydrogens (tertiary/aromatic N) is 5. The van der Waals surface area contributed by atoms with E-state index in [0.29, 0.717) is 11.7 Å². The van der Waals surface area contributed by atoms with Gasteiger partial charge in [0.2, 0.25) is 0 Å². The lowest BCUT2D eigenvalue weighted by Crippen LogP contribution is -2.40. The van der Waals surface area contributed by atoms with Gasteiger partial charge in [0.15, 0.2) is 5.69 Å². The minimum Gasteiger partial charge on any atom is -0.299 e. The van der Waals surface area contributed by atoms with E-state index in [9.17, 15) is 0 Å². The maximum Gasteiger partial charge on any atom is 0.162 e. The lowest BCUT2D eigenvalue weighted by atomic mass is 10.2. The molecule has 3 heterocycles. The van der Waals surface area contributed by atoms with Gasteiger partial charge in [0.25, 0.3) is 0 Å². The van der Waals surface area contributed by atoms with Gasteiger partial charge in [0, 0.05) is 32.2 Å². The zero-order chi connectivity index (χ0) is 13.9. The van der Waals surface area contributed by atoms with Crippen molar-refractivity contribution in [2.75, 3.05) is 26.2 Å². The number of hydrogen-bond acceptors (Lipinski definition) is 4. The highest BCUT2D eigenvalue weighted by Crippen LogP contribution is 2.20. The topological polar surface area (TPSA) is 48.1 Å². The van der Waals surface area contributed by atoms with Crippen LogP contribution in [0.15, 0.2) is 6.07 Å². The Bertz CT molecular complexity index is 501. The van der Waals surface area contributed by atoms with Crippen molar-refractivity contribution < 1.29 is 0 Å². The Morgan fingerprint density at radius 2 is 2.25 bits per heavy atom. The Labute approximate surface area is 120 Å². The van der Waals surface area contributed by atoms with Gasteiger partial charge >= 0.3 is 0 Å². The number of aromatic nitrogens is 2. The first-order chi connectivity index (χ1) is 9.80. The molecular weight excluding hydrogens is 250 g/mol. The molecule has 3 rings (SSSR count). The van der Waals surface area contributed by atoms with Crippen molar-refractivity contribution in [1.82, 2.24) is 19.6 Å². The molecule has 108 valence electrons. The monoisotopic (exact) mass is 273 g/mol. The molecule has 1 atom stereocenters. The summed E-state index contributed by atoms with van der Waals surface area (Å²) in [5.74, 6) is 0. The summed E-state index contributed by atoms with van der Waals surface area (Å²) in [6.45, 7) is 8.84. The van der Waals surface area contributed by atoms with Crippen molar-refractivity contribution in [2.24, 2.45) is 0 Å². The molecule has 1 fully saturated rings. The van der Waals surface area contributed by atoms with E-state index >= 15 is 0 Å². The molecule has 0 amide bonds. The molecule has 2 aliphatic heterocycles. The summed E-state index contributed by atoms with van der Waals surface area (Å²) in [6, 6.07) is 4.81. The van der Waals surface area contributed by atoms with Crippen molar-refractivity contribution in [3.8, 4) is 6.07 Å². The number of fused-ring (bicyclic) bond motifs is 1. The second-order valence-electron chi connectivity index (χ2n) is 5.87. The van der Waals surface area contributed by atoms with E-state index in [0.717, 1.165) is 39.1 Å². The maximum absolute atomic E-state index is 8.97. The normalized spacial score (nSPS) is 24.3. The molecule has 0 N–H and O–H groups in total. The number of likely N-dealkylation sites (tertiary alicyclic amines) is 1. The second-order valence-corrected chi connectivity index (χ2v) is 5.87. The van der Waals surface area contributed by atoms with Gasteiger partial charge in [-0.3, -0.25) is 14.5 Å². The predicted molar refractivity (Wildman–Crippen MR) is 77.1 cm³/mol. The van der Waals surface area contributed by atoms with Gasteiger partial charge in [0.05, 0.1) is 5.69 Å². The van der Waals surface area contributed by atoms with Crippen LogP contribution in [0.1, 0.15) is 37.6 Å². The Morgan fingerprint density at radius 1 is 1.35 bits per heavy atom. The minimum absolute atomic E-state index is 0.554. The summed E-state index contributed by atoms with van der Waals surface area (Å²) < 4.78 is 2.02. The molecule has 0 spiro atoms. The molecule has 1 aromatic rings. The highest BCUT2D eigenvalue weighted by molar-refractivity contribution is 5.22. The fourth-order valence-electron chi connectivity index (χ4n) is 3.56. The Kier molecular flexibility index (Phi) is 4.04. The average Bonchev–Trinajstić information content (AvgIpc) is 3.01. The van der Waals surface area contributed by atoms with Gasteiger partial charge in [-0.05, 0) is 38.4 Å². The largest absolute Gasteiger partial charge is 0.299 e. The van der Waals surface area contributed by atoms with Gasteiger partial charge in [-0.25, -0.2) is 0 Å². The first-order valence-electron chi connectivity index (χ1n) is 7.73. The minimum atomic E-state index is 0.554. The zero-order valence-electron chi connectivity index (χ0n) is 12.3. The highest BCUT2D eigenvalue weighted by atomic mass is 15.3. The van der Waals surface area contributed by atoms with Crippen LogP contribution in [-0.2, 0) is 13.1 Å².